The zero-order valence-corrected chi connectivity index (χ0v) is 14.4. The molecule has 0 saturated heterocycles. The maximum Gasteiger partial charge on any atom is 0.252 e. The number of carbonyl (C=O) groups excluding carboxylic acids is 1. The smallest absolute Gasteiger partial charge is 0.252 e. The molecule has 0 atom stereocenters. The monoisotopic (exact) mass is 409 g/mol. The largest absolute Gasteiger partial charge is 0.343 e. The van der Waals surface area contributed by atoms with Crippen molar-refractivity contribution < 1.29 is 13.7 Å². The second-order valence-electron chi connectivity index (χ2n) is 4.83. The van der Waals surface area contributed by atoms with Crippen molar-refractivity contribution in [2.24, 2.45) is 0 Å². The van der Waals surface area contributed by atoms with Gasteiger partial charge in [-0.2, -0.15) is 4.98 Å². The summed E-state index contributed by atoms with van der Waals surface area (Å²) in [5, 5.41) is 7.05. The molecule has 0 unspecified atom stereocenters. The highest BCUT2D eigenvalue weighted by Crippen LogP contribution is 2.20. The van der Waals surface area contributed by atoms with E-state index in [-0.39, 0.29) is 18.3 Å². The molecule has 3 aromatic rings. The van der Waals surface area contributed by atoms with E-state index in [1.165, 1.54) is 18.2 Å². The Balaban J connectivity index is 1.68. The van der Waals surface area contributed by atoms with Crippen LogP contribution in [-0.4, -0.2) is 16.0 Å². The molecule has 0 aliphatic carbocycles. The predicted molar refractivity (Wildman–Crippen MR) is 90.0 cm³/mol. The number of carbonyl (C=O) groups is 1. The molecule has 1 aromatic heterocycles. The Hall–Kier alpha value is -2.25. The van der Waals surface area contributed by atoms with Crippen molar-refractivity contribution in [3.8, 4) is 11.4 Å². The van der Waals surface area contributed by atoms with Crippen LogP contribution in [0.3, 0.4) is 0 Å². The minimum Gasteiger partial charge on any atom is -0.343 e. The highest BCUT2D eigenvalue weighted by Gasteiger charge is 2.13. The zero-order chi connectivity index (χ0) is 17.1. The molecule has 0 fully saturated rings. The highest BCUT2D eigenvalue weighted by atomic mass is 79.9. The Morgan fingerprint density at radius 1 is 1.29 bits per heavy atom. The van der Waals surface area contributed by atoms with Crippen molar-refractivity contribution in [1.82, 2.24) is 15.5 Å². The summed E-state index contributed by atoms with van der Waals surface area (Å²) in [6, 6.07) is 10.9. The standard InChI is InChI=1S/C16H10BrClFN3O2/c17-13-7-11(19)4-5-12(13)16(23)20-8-14-21-15(22-24-14)9-2-1-3-10(18)6-9/h1-7H,8H2,(H,20,23). The number of halogens is 3. The molecule has 24 heavy (non-hydrogen) atoms. The Kier molecular flexibility index (Phi) is 4.92. The fourth-order valence-electron chi connectivity index (χ4n) is 2.00. The van der Waals surface area contributed by atoms with Gasteiger partial charge in [0.1, 0.15) is 5.82 Å². The fourth-order valence-corrected chi connectivity index (χ4v) is 2.72. The molecule has 1 N–H and O–H groups in total. The molecule has 0 radical (unpaired) electrons. The Morgan fingerprint density at radius 2 is 2.12 bits per heavy atom. The third-order valence-corrected chi connectivity index (χ3v) is 4.02. The van der Waals surface area contributed by atoms with Crippen molar-refractivity contribution in [2.75, 3.05) is 0 Å². The van der Waals surface area contributed by atoms with E-state index < -0.39 is 5.82 Å². The summed E-state index contributed by atoms with van der Waals surface area (Å²) in [6.45, 7) is 0.0518. The van der Waals surface area contributed by atoms with E-state index in [4.69, 9.17) is 16.1 Å². The van der Waals surface area contributed by atoms with Gasteiger partial charge in [-0.1, -0.05) is 28.9 Å². The van der Waals surface area contributed by atoms with Crippen LogP contribution in [0.1, 0.15) is 16.2 Å². The zero-order valence-electron chi connectivity index (χ0n) is 12.1. The first-order valence-electron chi connectivity index (χ1n) is 6.85. The molecule has 8 heteroatoms. The van der Waals surface area contributed by atoms with Crippen LogP contribution in [0.15, 0.2) is 51.5 Å². The first-order chi connectivity index (χ1) is 11.5. The number of hydrogen-bond acceptors (Lipinski definition) is 4. The minimum absolute atomic E-state index is 0.0518. The topological polar surface area (TPSA) is 68.0 Å². The average molecular weight is 411 g/mol. The molecule has 3 rings (SSSR count). The number of rotatable bonds is 4. The van der Waals surface area contributed by atoms with Gasteiger partial charge in [0.15, 0.2) is 0 Å². The molecule has 122 valence electrons. The van der Waals surface area contributed by atoms with Crippen molar-refractivity contribution >= 4 is 33.4 Å². The van der Waals surface area contributed by atoms with E-state index in [2.05, 4.69) is 31.4 Å². The van der Waals surface area contributed by atoms with E-state index in [0.29, 0.717) is 26.4 Å². The van der Waals surface area contributed by atoms with Crippen LogP contribution >= 0.6 is 27.5 Å². The van der Waals surface area contributed by atoms with E-state index in [1.54, 1.807) is 24.3 Å². The minimum atomic E-state index is -0.429. The van der Waals surface area contributed by atoms with Gasteiger partial charge in [0.2, 0.25) is 11.7 Å². The first-order valence-corrected chi connectivity index (χ1v) is 8.02. The first kappa shape index (κ1) is 16.6. The number of nitrogens with zero attached hydrogens (tertiary/aromatic N) is 2. The molecule has 0 aliphatic rings. The van der Waals surface area contributed by atoms with Gasteiger partial charge in [-0.05, 0) is 46.3 Å². The summed E-state index contributed by atoms with van der Waals surface area (Å²) < 4.78 is 18.5. The summed E-state index contributed by atoms with van der Waals surface area (Å²) in [6.07, 6.45) is 0. The van der Waals surface area contributed by atoms with Crippen LogP contribution < -0.4 is 5.32 Å². The summed E-state index contributed by atoms with van der Waals surface area (Å²) in [5.41, 5.74) is 1.02. The molecule has 0 aliphatic heterocycles. The van der Waals surface area contributed by atoms with Crippen LogP contribution in [0.2, 0.25) is 5.02 Å². The fraction of sp³-hybridized carbons (Fsp3) is 0.0625. The van der Waals surface area contributed by atoms with E-state index in [1.807, 2.05) is 0 Å². The van der Waals surface area contributed by atoms with Crippen molar-refractivity contribution in [1.29, 1.82) is 0 Å². The third-order valence-electron chi connectivity index (χ3n) is 3.13. The van der Waals surface area contributed by atoms with Crippen LogP contribution in [-0.2, 0) is 6.54 Å². The molecule has 0 bridgehead atoms. The van der Waals surface area contributed by atoms with Crippen molar-refractivity contribution in [3.63, 3.8) is 0 Å². The predicted octanol–water partition coefficient (Wildman–Crippen LogP) is 4.22. The van der Waals surface area contributed by atoms with Gasteiger partial charge in [-0.25, -0.2) is 4.39 Å². The van der Waals surface area contributed by atoms with E-state index in [9.17, 15) is 9.18 Å². The highest BCUT2D eigenvalue weighted by molar-refractivity contribution is 9.10. The average Bonchev–Trinajstić information content (AvgIpc) is 3.01. The van der Waals surface area contributed by atoms with Crippen LogP contribution in [0, 0.1) is 5.82 Å². The van der Waals surface area contributed by atoms with Gasteiger partial charge >= 0.3 is 0 Å². The van der Waals surface area contributed by atoms with E-state index >= 15 is 0 Å². The lowest BCUT2D eigenvalue weighted by Crippen LogP contribution is -2.23. The Morgan fingerprint density at radius 3 is 2.88 bits per heavy atom. The SMILES string of the molecule is O=C(NCc1nc(-c2cccc(Cl)c2)no1)c1ccc(F)cc1Br. The Bertz CT molecular complexity index is 901. The molecule has 1 amide bonds. The van der Waals surface area contributed by atoms with Crippen molar-refractivity contribution in [3.05, 3.63) is 69.2 Å². The van der Waals surface area contributed by atoms with Gasteiger partial charge in [0.05, 0.1) is 12.1 Å². The number of nitrogens with one attached hydrogen (secondary N) is 1. The van der Waals surface area contributed by atoms with Gasteiger partial charge in [0, 0.05) is 15.1 Å². The molecule has 1 heterocycles. The second-order valence-corrected chi connectivity index (χ2v) is 6.12. The number of amides is 1. The summed E-state index contributed by atoms with van der Waals surface area (Å²) in [7, 11) is 0. The lowest BCUT2D eigenvalue weighted by atomic mass is 10.2. The van der Waals surface area contributed by atoms with Crippen molar-refractivity contribution in [2.45, 2.75) is 6.54 Å². The molecular formula is C16H10BrClFN3O2. The second kappa shape index (κ2) is 7.11. The Labute approximate surface area is 150 Å². The number of aromatic nitrogens is 2. The normalized spacial score (nSPS) is 10.6. The van der Waals surface area contributed by atoms with Gasteiger partial charge in [0.25, 0.3) is 5.91 Å². The van der Waals surface area contributed by atoms with Crippen LogP contribution in [0.5, 0.6) is 0 Å². The number of hydrogen-bond donors (Lipinski definition) is 1. The van der Waals surface area contributed by atoms with Crippen LogP contribution in [0.25, 0.3) is 11.4 Å². The molecule has 0 saturated carbocycles. The van der Waals surface area contributed by atoms with Crippen LogP contribution in [0.4, 0.5) is 4.39 Å². The maximum atomic E-state index is 13.0. The lowest BCUT2D eigenvalue weighted by Gasteiger charge is -2.04. The molecule has 0 spiro atoms. The van der Waals surface area contributed by atoms with Gasteiger partial charge < -0.3 is 9.84 Å². The third kappa shape index (κ3) is 3.80. The molecular weight excluding hydrogens is 401 g/mol. The van der Waals surface area contributed by atoms with Gasteiger partial charge in [-0.15, -0.1) is 0 Å². The molecule has 2 aromatic carbocycles. The lowest BCUT2D eigenvalue weighted by molar-refractivity contribution is 0.0945. The maximum absolute atomic E-state index is 13.0. The molecule has 5 nitrogen and oxygen atoms in total. The summed E-state index contributed by atoms with van der Waals surface area (Å²) in [5.74, 6) is -0.188. The summed E-state index contributed by atoms with van der Waals surface area (Å²) in [4.78, 5) is 16.3. The number of benzene rings is 2. The summed E-state index contributed by atoms with van der Waals surface area (Å²) >= 11 is 9.07. The quantitative estimate of drug-likeness (QED) is 0.699. The van der Waals surface area contributed by atoms with E-state index in [0.717, 1.165) is 0 Å². The van der Waals surface area contributed by atoms with Gasteiger partial charge in [-0.3, -0.25) is 4.79 Å².